The van der Waals surface area contributed by atoms with Crippen LogP contribution in [0.25, 0.3) is 10.9 Å². The molecule has 3 fully saturated rings. The van der Waals surface area contributed by atoms with Gasteiger partial charge in [-0.15, -0.1) is 0 Å². The van der Waals surface area contributed by atoms with Crippen molar-refractivity contribution in [2.45, 2.75) is 78.8 Å². The molecular weight excluding hydrogens is 410 g/mol. The second-order valence-corrected chi connectivity index (χ2v) is 11.8. The van der Waals surface area contributed by atoms with Gasteiger partial charge in [0.05, 0.1) is 18.2 Å². The maximum absolute atomic E-state index is 13.9. The summed E-state index contributed by atoms with van der Waals surface area (Å²) in [6.07, 6.45) is 7.36. The fourth-order valence-electron chi connectivity index (χ4n) is 7.58. The number of piperidine rings is 1. The number of ether oxygens (including phenoxy) is 1. The Balaban J connectivity index is 1.49. The monoisotopic (exact) mass is 451 g/mol. The third-order valence-electron chi connectivity index (χ3n) is 9.52. The average Bonchev–Trinajstić information content (AvgIpc) is 3.39. The Labute approximate surface area is 198 Å². The Morgan fingerprint density at radius 2 is 1.97 bits per heavy atom. The van der Waals surface area contributed by atoms with Gasteiger partial charge in [0.25, 0.3) is 5.91 Å². The molecular formula is C28H41N3O2. The zero-order valence-corrected chi connectivity index (χ0v) is 21.1. The summed E-state index contributed by atoms with van der Waals surface area (Å²) in [6.45, 7) is 12.4. The number of carbonyl (C=O) groups is 1. The Morgan fingerprint density at radius 3 is 2.64 bits per heavy atom. The largest absolute Gasteiger partial charge is 0.495 e. The fraction of sp³-hybridized carbons (Fsp3) is 0.679. The van der Waals surface area contributed by atoms with Crippen LogP contribution in [-0.2, 0) is 6.54 Å². The number of benzene rings is 1. The van der Waals surface area contributed by atoms with Crippen LogP contribution in [0.5, 0.6) is 5.75 Å². The first-order valence-corrected chi connectivity index (χ1v) is 12.9. The molecule has 1 saturated heterocycles. The topological polar surface area (TPSA) is 55.3 Å². The highest BCUT2D eigenvalue weighted by molar-refractivity contribution is 6.09. The predicted octanol–water partition coefficient (Wildman–Crippen LogP) is 5.29. The van der Waals surface area contributed by atoms with Crippen molar-refractivity contribution in [1.29, 1.82) is 0 Å². The van der Waals surface area contributed by atoms with E-state index in [1.807, 2.05) is 12.1 Å². The highest BCUT2D eigenvalue weighted by Crippen LogP contribution is 2.62. The number of hydrogen-bond acceptors (Lipinski definition) is 3. The minimum atomic E-state index is 0.0817. The number of aryl methyl sites for hydroxylation is 1. The molecule has 2 aliphatic carbocycles. The lowest BCUT2D eigenvalue weighted by molar-refractivity contribution is 0.0738. The molecule has 5 nitrogen and oxygen atoms in total. The molecule has 2 N–H and O–H groups in total. The molecule has 1 unspecified atom stereocenters. The van der Waals surface area contributed by atoms with Crippen molar-refractivity contribution in [2.75, 3.05) is 20.2 Å². The van der Waals surface area contributed by atoms with E-state index in [-0.39, 0.29) is 22.8 Å². The highest BCUT2D eigenvalue weighted by atomic mass is 16.5. The number of fused-ring (bicyclic) bond motifs is 3. The number of hydrogen-bond donors (Lipinski definition) is 2. The Morgan fingerprint density at radius 1 is 1.21 bits per heavy atom. The lowest BCUT2D eigenvalue weighted by atomic mass is 9.68. The molecule has 2 aromatic rings. The van der Waals surface area contributed by atoms with Gasteiger partial charge in [-0.1, -0.05) is 32.9 Å². The molecule has 1 amide bonds. The van der Waals surface area contributed by atoms with Gasteiger partial charge in [-0.3, -0.25) is 4.79 Å². The molecule has 0 radical (unpaired) electrons. The smallest absolute Gasteiger partial charge is 0.253 e. The number of para-hydroxylation sites is 1. The molecule has 2 bridgehead atoms. The van der Waals surface area contributed by atoms with Crippen molar-refractivity contribution in [2.24, 2.45) is 22.7 Å². The van der Waals surface area contributed by atoms with E-state index in [2.05, 4.69) is 49.0 Å². The molecule has 1 aliphatic heterocycles. The molecule has 3 aliphatic rings. The van der Waals surface area contributed by atoms with Crippen LogP contribution in [0.1, 0.15) is 75.3 Å². The molecule has 2 saturated carbocycles. The van der Waals surface area contributed by atoms with Crippen molar-refractivity contribution in [3.63, 3.8) is 0 Å². The minimum absolute atomic E-state index is 0.0817. The summed E-state index contributed by atoms with van der Waals surface area (Å²) >= 11 is 0. The molecule has 1 aromatic heterocycles. The van der Waals surface area contributed by atoms with Gasteiger partial charge in [0.1, 0.15) is 5.75 Å². The third kappa shape index (κ3) is 3.67. The third-order valence-corrected chi connectivity index (χ3v) is 9.52. The second kappa shape index (κ2) is 8.33. The number of nitrogens with one attached hydrogen (secondary N) is 2. The van der Waals surface area contributed by atoms with Gasteiger partial charge >= 0.3 is 0 Å². The Bertz CT molecular complexity index is 1040. The second-order valence-electron chi connectivity index (χ2n) is 11.8. The quantitative estimate of drug-likeness (QED) is 0.627. The van der Waals surface area contributed by atoms with Gasteiger partial charge in [-0.2, -0.15) is 0 Å². The van der Waals surface area contributed by atoms with Crippen LogP contribution in [0, 0.1) is 29.6 Å². The number of nitrogens with zero attached hydrogens (tertiary/aromatic N) is 1. The van der Waals surface area contributed by atoms with E-state index < -0.39 is 0 Å². The van der Waals surface area contributed by atoms with Gasteiger partial charge < -0.3 is 19.9 Å². The molecule has 1 aromatic carbocycles. The van der Waals surface area contributed by atoms with Crippen molar-refractivity contribution < 1.29 is 9.53 Å². The average molecular weight is 452 g/mol. The summed E-state index contributed by atoms with van der Waals surface area (Å²) < 4.78 is 8.11. The van der Waals surface area contributed by atoms with E-state index in [9.17, 15) is 4.79 Å². The van der Waals surface area contributed by atoms with Crippen molar-refractivity contribution >= 4 is 16.8 Å². The van der Waals surface area contributed by atoms with E-state index in [0.717, 1.165) is 59.9 Å². The van der Waals surface area contributed by atoms with E-state index in [4.69, 9.17) is 4.74 Å². The molecule has 33 heavy (non-hydrogen) atoms. The fourth-order valence-corrected chi connectivity index (χ4v) is 7.58. The normalized spacial score (nSPS) is 29.0. The van der Waals surface area contributed by atoms with Crippen molar-refractivity contribution in [1.82, 2.24) is 15.2 Å². The predicted molar refractivity (Wildman–Crippen MR) is 134 cm³/mol. The van der Waals surface area contributed by atoms with Gasteiger partial charge in [-0.25, -0.2) is 0 Å². The maximum Gasteiger partial charge on any atom is 0.253 e. The lowest BCUT2D eigenvalue weighted by Crippen LogP contribution is -2.52. The van der Waals surface area contributed by atoms with E-state index in [1.54, 1.807) is 7.11 Å². The van der Waals surface area contributed by atoms with Crippen LogP contribution < -0.4 is 15.4 Å². The number of rotatable bonds is 6. The van der Waals surface area contributed by atoms with Gasteiger partial charge in [-0.05, 0) is 87.3 Å². The first kappa shape index (κ1) is 22.8. The molecule has 5 heteroatoms. The molecule has 0 spiro atoms. The summed E-state index contributed by atoms with van der Waals surface area (Å²) in [5, 5.41) is 8.03. The van der Waals surface area contributed by atoms with Gasteiger partial charge in [0.15, 0.2) is 0 Å². The summed E-state index contributed by atoms with van der Waals surface area (Å²) in [7, 11) is 1.73. The van der Waals surface area contributed by atoms with Gasteiger partial charge in [0, 0.05) is 23.7 Å². The number of methoxy groups -OCH3 is 1. The van der Waals surface area contributed by atoms with E-state index >= 15 is 0 Å². The van der Waals surface area contributed by atoms with Crippen LogP contribution in [-0.4, -0.2) is 36.7 Å². The van der Waals surface area contributed by atoms with Crippen LogP contribution >= 0.6 is 0 Å². The number of amides is 1. The first-order chi connectivity index (χ1) is 15.8. The van der Waals surface area contributed by atoms with Crippen LogP contribution in [0.2, 0.25) is 0 Å². The summed E-state index contributed by atoms with van der Waals surface area (Å²) in [4.78, 5) is 13.9. The van der Waals surface area contributed by atoms with Crippen LogP contribution in [0.15, 0.2) is 18.2 Å². The number of aromatic nitrogens is 1. The molecule has 5 rings (SSSR count). The Hall–Kier alpha value is -2.01. The first-order valence-electron chi connectivity index (χ1n) is 12.9. The van der Waals surface area contributed by atoms with Crippen LogP contribution in [0.4, 0.5) is 0 Å². The minimum Gasteiger partial charge on any atom is -0.495 e. The molecule has 180 valence electrons. The maximum atomic E-state index is 13.9. The number of carbonyl (C=O) groups excluding carboxylic acids is 1. The molecule has 3 atom stereocenters. The van der Waals surface area contributed by atoms with Crippen LogP contribution in [0.3, 0.4) is 0 Å². The van der Waals surface area contributed by atoms with E-state index in [0.29, 0.717) is 5.92 Å². The van der Waals surface area contributed by atoms with Crippen molar-refractivity contribution in [3.05, 3.63) is 29.5 Å². The summed E-state index contributed by atoms with van der Waals surface area (Å²) in [6, 6.07) is 6.34. The zero-order chi connectivity index (χ0) is 23.4. The molecule has 2 heterocycles. The van der Waals surface area contributed by atoms with Crippen molar-refractivity contribution in [3.8, 4) is 5.75 Å². The lowest BCUT2D eigenvalue weighted by Gasteiger charge is -2.43. The van der Waals surface area contributed by atoms with E-state index in [1.165, 1.54) is 32.1 Å². The zero-order valence-electron chi connectivity index (χ0n) is 21.1. The van der Waals surface area contributed by atoms with Gasteiger partial charge in [0.2, 0.25) is 0 Å². The summed E-state index contributed by atoms with van der Waals surface area (Å²) in [5.41, 5.74) is 3.31. The Kier molecular flexibility index (Phi) is 5.75. The standard InChI is InChI=1S/C28H41N3O2/c1-18-23(25(32)30-26-27(2,3)20-9-13-28(26,4)17-20)21-7-6-8-22(33-5)24(21)31(18)16-12-19-10-14-29-15-11-19/h6-8,19-20,26,29H,9-17H2,1-5H3,(H,30,32)/t20?,26-,28+/m1/s1. The summed E-state index contributed by atoms with van der Waals surface area (Å²) in [5.74, 6) is 2.38. The SMILES string of the molecule is COc1cccc2c(C(=O)N[C@@H]3C(C)(C)C4CC[C@@]3(C)C4)c(C)n(CCC3CCNCC3)c12. The highest BCUT2D eigenvalue weighted by Gasteiger charge is 2.59.